The third-order valence-corrected chi connectivity index (χ3v) is 5.69. The first-order valence-corrected chi connectivity index (χ1v) is 10.1. The molecule has 0 radical (unpaired) electrons. The average molecular weight is 413 g/mol. The maximum atomic E-state index is 12.9. The van der Waals surface area contributed by atoms with E-state index in [0.717, 1.165) is 16.7 Å². The van der Waals surface area contributed by atoms with Crippen LogP contribution >= 0.6 is 11.8 Å². The van der Waals surface area contributed by atoms with Gasteiger partial charge in [-0.1, -0.05) is 17.8 Å². The quantitative estimate of drug-likeness (QED) is 0.397. The number of thioether (sulfide) groups is 1. The van der Waals surface area contributed by atoms with E-state index in [1.165, 1.54) is 17.3 Å². The first-order chi connectivity index (χ1) is 13.8. The SMILES string of the molecule is COc1cc(OC)cc(-c2nnc(SC(C)C(=O)c3cc(C)c(C)cc3C)o2)c1. The second-order valence-electron chi connectivity index (χ2n) is 6.85. The van der Waals surface area contributed by atoms with Crippen molar-refractivity contribution in [3.63, 3.8) is 0 Å². The number of ether oxygens (including phenoxy) is 2. The number of carbonyl (C=O) groups is 1. The maximum absolute atomic E-state index is 12.9. The van der Waals surface area contributed by atoms with Crippen LogP contribution in [0.5, 0.6) is 11.5 Å². The molecule has 0 N–H and O–H groups in total. The van der Waals surface area contributed by atoms with Gasteiger partial charge in [-0.25, -0.2) is 0 Å². The Morgan fingerprint density at radius 1 is 0.931 bits per heavy atom. The molecule has 1 aromatic heterocycles. The zero-order valence-corrected chi connectivity index (χ0v) is 18.2. The number of aryl methyl sites for hydroxylation is 3. The highest BCUT2D eigenvalue weighted by atomic mass is 32.2. The van der Waals surface area contributed by atoms with Crippen molar-refractivity contribution in [1.82, 2.24) is 10.2 Å². The lowest BCUT2D eigenvalue weighted by atomic mass is 9.97. The van der Waals surface area contributed by atoms with E-state index in [0.29, 0.717) is 28.2 Å². The zero-order valence-electron chi connectivity index (χ0n) is 17.4. The van der Waals surface area contributed by atoms with Crippen molar-refractivity contribution in [3.8, 4) is 23.0 Å². The van der Waals surface area contributed by atoms with Crippen molar-refractivity contribution in [2.24, 2.45) is 0 Å². The molecule has 0 saturated carbocycles. The van der Waals surface area contributed by atoms with Crippen LogP contribution in [0.2, 0.25) is 0 Å². The number of hydrogen-bond acceptors (Lipinski definition) is 7. The zero-order chi connectivity index (χ0) is 21.1. The molecule has 152 valence electrons. The van der Waals surface area contributed by atoms with Crippen LogP contribution < -0.4 is 9.47 Å². The van der Waals surface area contributed by atoms with Crippen molar-refractivity contribution >= 4 is 17.5 Å². The lowest BCUT2D eigenvalue weighted by Gasteiger charge is -2.12. The van der Waals surface area contributed by atoms with Gasteiger partial charge in [0.15, 0.2) is 5.78 Å². The number of rotatable bonds is 7. The van der Waals surface area contributed by atoms with Crippen LogP contribution in [-0.4, -0.2) is 35.5 Å². The molecule has 0 amide bonds. The summed E-state index contributed by atoms with van der Waals surface area (Å²) in [4.78, 5) is 12.9. The van der Waals surface area contributed by atoms with Gasteiger partial charge in [-0.05, 0) is 62.6 Å². The highest BCUT2D eigenvalue weighted by Gasteiger charge is 2.22. The minimum atomic E-state index is -0.357. The predicted octanol–water partition coefficient (Wildman–Crippen LogP) is 5.04. The lowest BCUT2D eigenvalue weighted by Crippen LogP contribution is -2.15. The molecular formula is C22H24N2O4S. The number of ketones is 1. The standard InChI is InChI=1S/C22H24N2O4S/c1-12-7-14(3)19(8-13(12)2)20(25)15(4)29-22-24-23-21(28-22)16-9-17(26-5)11-18(10-16)27-6/h7-11,15H,1-6H3. The maximum Gasteiger partial charge on any atom is 0.277 e. The second kappa shape index (κ2) is 8.69. The van der Waals surface area contributed by atoms with Gasteiger partial charge in [-0.3, -0.25) is 4.79 Å². The summed E-state index contributed by atoms with van der Waals surface area (Å²) in [6.07, 6.45) is 0. The molecule has 2 aromatic carbocycles. The molecule has 0 saturated heterocycles. The van der Waals surface area contributed by atoms with Gasteiger partial charge < -0.3 is 13.9 Å². The Morgan fingerprint density at radius 3 is 2.17 bits per heavy atom. The summed E-state index contributed by atoms with van der Waals surface area (Å²) in [6.45, 7) is 7.86. The minimum absolute atomic E-state index is 0.0402. The van der Waals surface area contributed by atoms with Crippen LogP contribution in [0.1, 0.15) is 34.0 Å². The smallest absolute Gasteiger partial charge is 0.277 e. The van der Waals surface area contributed by atoms with E-state index in [1.807, 2.05) is 39.8 Å². The highest BCUT2D eigenvalue weighted by molar-refractivity contribution is 8.00. The lowest BCUT2D eigenvalue weighted by molar-refractivity contribution is 0.0993. The Balaban J connectivity index is 1.80. The minimum Gasteiger partial charge on any atom is -0.497 e. The van der Waals surface area contributed by atoms with Crippen LogP contribution in [0.4, 0.5) is 0 Å². The topological polar surface area (TPSA) is 74.5 Å². The Kier molecular flexibility index (Phi) is 6.27. The van der Waals surface area contributed by atoms with E-state index in [9.17, 15) is 4.79 Å². The molecular weight excluding hydrogens is 388 g/mol. The van der Waals surface area contributed by atoms with E-state index in [1.54, 1.807) is 32.4 Å². The fraction of sp³-hybridized carbons (Fsp3) is 0.318. The van der Waals surface area contributed by atoms with Gasteiger partial charge in [0.1, 0.15) is 11.5 Å². The van der Waals surface area contributed by atoms with Crippen LogP contribution in [0.15, 0.2) is 40.0 Å². The van der Waals surface area contributed by atoms with Gasteiger partial charge in [0, 0.05) is 17.2 Å². The summed E-state index contributed by atoms with van der Waals surface area (Å²) in [5.41, 5.74) is 4.66. The molecule has 0 aliphatic rings. The molecule has 0 aliphatic carbocycles. The molecule has 29 heavy (non-hydrogen) atoms. The predicted molar refractivity (Wildman–Crippen MR) is 113 cm³/mol. The molecule has 0 aliphatic heterocycles. The second-order valence-corrected chi connectivity index (χ2v) is 8.14. The number of carbonyl (C=O) groups excluding carboxylic acids is 1. The van der Waals surface area contributed by atoms with Crippen molar-refractivity contribution in [3.05, 3.63) is 52.6 Å². The number of nitrogens with zero attached hydrogens (tertiary/aromatic N) is 2. The van der Waals surface area contributed by atoms with Gasteiger partial charge in [0.2, 0.25) is 5.89 Å². The summed E-state index contributed by atoms with van der Waals surface area (Å²) >= 11 is 1.25. The molecule has 0 spiro atoms. The van der Waals surface area contributed by atoms with Crippen molar-refractivity contribution in [1.29, 1.82) is 0 Å². The molecule has 3 rings (SSSR count). The molecule has 3 aromatic rings. The molecule has 7 heteroatoms. The monoisotopic (exact) mass is 412 g/mol. The summed E-state index contributed by atoms with van der Waals surface area (Å²) in [6, 6.07) is 9.34. The molecule has 0 bridgehead atoms. The number of aromatic nitrogens is 2. The van der Waals surface area contributed by atoms with Gasteiger partial charge >= 0.3 is 0 Å². The van der Waals surface area contributed by atoms with Crippen molar-refractivity contribution < 1.29 is 18.7 Å². The Hall–Kier alpha value is -2.80. The van der Waals surface area contributed by atoms with Crippen LogP contribution in [0.25, 0.3) is 11.5 Å². The molecule has 1 atom stereocenters. The first kappa shape index (κ1) is 20.9. The van der Waals surface area contributed by atoms with Crippen LogP contribution in [-0.2, 0) is 0 Å². The number of benzene rings is 2. The Labute approximate surface area is 174 Å². The summed E-state index contributed by atoms with van der Waals surface area (Å²) in [5.74, 6) is 1.63. The van der Waals surface area contributed by atoms with Gasteiger partial charge in [-0.2, -0.15) is 0 Å². The molecule has 0 fully saturated rings. The van der Waals surface area contributed by atoms with Crippen molar-refractivity contribution in [2.45, 2.75) is 38.2 Å². The van der Waals surface area contributed by atoms with Crippen LogP contribution in [0, 0.1) is 20.8 Å². The molecule has 6 nitrogen and oxygen atoms in total. The Morgan fingerprint density at radius 2 is 1.55 bits per heavy atom. The number of Topliss-reactive ketones (excluding diaryl/α,β-unsaturated/α-hetero) is 1. The highest BCUT2D eigenvalue weighted by Crippen LogP contribution is 2.32. The normalized spacial score (nSPS) is 11.9. The van der Waals surface area contributed by atoms with Gasteiger partial charge in [0.05, 0.1) is 19.5 Å². The van der Waals surface area contributed by atoms with Crippen LogP contribution in [0.3, 0.4) is 0 Å². The third kappa shape index (κ3) is 4.62. The van der Waals surface area contributed by atoms with Gasteiger partial charge in [0.25, 0.3) is 5.22 Å². The number of hydrogen-bond donors (Lipinski definition) is 0. The van der Waals surface area contributed by atoms with E-state index in [4.69, 9.17) is 13.9 Å². The summed E-state index contributed by atoms with van der Waals surface area (Å²) in [5, 5.41) is 8.17. The largest absolute Gasteiger partial charge is 0.497 e. The summed E-state index contributed by atoms with van der Waals surface area (Å²) in [7, 11) is 3.16. The number of methoxy groups -OCH3 is 2. The van der Waals surface area contributed by atoms with Gasteiger partial charge in [-0.15, -0.1) is 10.2 Å². The van der Waals surface area contributed by atoms with E-state index >= 15 is 0 Å². The average Bonchev–Trinajstić information content (AvgIpc) is 3.18. The fourth-order valence-electron chi connectivity index (χ4n) is 2.95. The molecule has 1 heterocycles. The third-order valence-electron chi connectivity index (χ3n) is 4.76. The van der Waals surface area contributed by atoms with E-state index in [2.05, 4.69) is 10.2 Å². The van der Waals surface area contributed by atoms with E-state index < -0.39 is 0 Å². The molecule has 1 unspecified atom stereocenters. The van der Waals surface area contributed by atoms with Crippen molar-refractivity contribution in [2.75, 3.05) is 14.2 Å². The van der Waals surface area contributed by atoms with E-state index in [-0.39, 0.29) is 11.0 Å². The summed E-state index contributed by atoms with van der Waals surface area (Å²) < 4.78 is 16.3. The first-order valence-electron chi connectivity index (χ1n) is 9.18. The fourth-order valence-corrected chi connectivity index (χ4v) is 3.71. The Bertz CT molecular complexity index is 1020.